The zero-order chi connectivity index (χ0) is 19.8. The molecule has 3 rings (SSSR count). The number of aryl methyl sites for hydroxylation is 2. The van der Waals surface area contributed by atoms with Crippen molar-refractivity contribution < 1.29 is 26.7 Å². The van der Waals surface area contributed by atoms with Crippen molar-refractivity contribution in [2.75, 3.05) is 6.54 Å². The number of hydrogen-bond donors (Lipinski definition) is 0. The smallest absolute Gasteiger partial charge is 0.333 e. The molecule has 0 fully saturated rings. The van der Waals surface area contributed by atoms with E-state index in [1.54, 1.807) is 0 Å². The van der Waals surface area contributed by atoms with E-state index in [0.29, 0.717) is 17.5 Å². The molecule has 2 heterocycles. The van der Waals surface area contributed by atoms with Gasteiger partial charge in [0.2, 0.25) is 11.7 Å². The fourth-order valence-corrected chi connectivity index (χ4v) is 3.08. The lowest BCUT2D eigenvalue weighted by Crippen LogP contribution is -2.39. The Balaban J connectivity index is 1.57. The van der Waals surface area contributed by atoms with Crippen LogP contribution in [-0.4, -0.2) is 32.1 Å². The summed E-state index contributed by atoms with van der Waals surface area (Å²) in [5, 5.41) is 6.69. The summed E-state index contributed by atoms with van der Waals surface area (Å²) in [5.41, 5.74) is 0.656. The second kappa shape index (κ2) is 7.24. The zero-order valence-electron chi connectivity index (χ0n) is 14.5. The Bertz CT molecular complexity index is 862. The molecule has 5 nitrogen and oxygen atoms in total. The fourth-order valence-electron chi connectivity index (χ4n) is 3.08. The molecule has 2 aromatic rings. The van der Waals surface area contributed by atoms with Gasteiger partial charge in [0.25, 0.3) is 0 Å². The molecule has 1 aliphatic rings. The predicted octanol–water partition coefficient (Wildman–Crippen LogP) is 3.25. The monoisotopic (exact) mass is 388 g/mol. The first-order valence-electron chi connectivity index (χ1n) is 8.38. The van der Waals surface area contributed by atoms with E-state index >= 15 is 0 Å². The predicted molar refractivity (Wildman–Crippen MR) is 84.5 cm³/mol. The van der Waals surface area contributed by atoms with Crippen LogP contribution in [0.2, 0.25) is 0 Å². The molecule has 1 aliphatic heterocycles. The maximum Gasteiger partial charge on any atom is 0.451 e. The molecular formula is C17H17F5N4O. The van der Waals surface area contributed by atoms with E-state index in [-0.39, 0.29) is 44.2 Å². The number of benzene rings is 1. The highest BCUT2D eigenvalue weighted by Gasteiger charge is 2.39. The van der Waals surface area contributed by atoms with Gasteiger partial charge in [0.05, 0.1) is 6.54 Å². The molecule has 0 saturated heterocycles. The van der Waals surface area contributed by atoms with Crippen LogP contribution >= 0.6 is 0 Å². The highest BCUT2D eigenvalue weighted by Crippen LogP contribution is 2.29. The van der Waals surface area contributed by atoms with Crippen LogP contribution in [0.1, 0.15) is 35.6 Å². The van der Waals surface area contributed by atoms with Gasteiger partial charge in [-0.25, -0.2) is 8.78 Å². The Hall–Kier alpha value is -2.52. The highest BCUT2D eigenvalue weighted by atomic mass is 19.4. The van der Waals surface area contributed by atoms with E-state index in [1.807, 2.05) is 0 Å². The lowest BCUT2D eigenvalue weighted by molar-refractivity contribution is -0.148. The minimum absolute atomic E-state index is 0.0330. The molecule has 1 aromatic carbocycles. The zero-order valence-corrected chi connectivity index (χ0v) is 14.5. The van der Waals surface area contributed by atoms with Gasteiger partial charge in [0.1, 0.15) is 11.6 Å². The number of amides is 1. The number of nitrogens with zero attached hydrogens (tertiary/aromatic N) is 4. The van der Waals surface area contributed by atoms with E-state index in [4.69, 9.17) is 0 Å². The second-order valence-corrected chi connectivity index (χ2v) is 6.45. The number of aromatic nitrogens is 3. The van der Waals surface area contributed by atoms with Crippen LogP contribution in [-0.2, 0) is 30.5 Å². The lowest BCUT2D eigenvalue weighted by Gasteiger charge is -2.28. The van der Waals surface area contributed by atoms with Gasteiger partial charge < -0.3 is 9.47 Å². The quantitative estimate of drug-likeness (QED) is 0.756. The Morgan fingerprint density at radius 2 is 1.89 bits per heavy atom. The van der Waals surface area contributed by atoms with Crippen LogP contribution in [0.5, 0.6) is 0 Å². The minimum atomic E-state index is -4.59. The standard InChI is InChI=1S/C17H17F5N4O/c1-10-7-11(13(19)8-12(10)18)3-2-4-15(27)25-5-6-26-14(9-25)23-24-16(26)17(20,21)22/h7-8H,2-6,9H2,1H3. The largest absolute Gasteiger partial charge is 0.451 e. The Labute approximate surface area is 151 Å². The van der Waals surface area contributed by atoms with Gasteiger partial charge in [0, 0.05) is 25.6 Å². The Morgan fingerprint density at radius 3 is 2.59 bits per heavy atom. The number of rotatable bonds is 4. The lowest BCUT2D eigenvalue weighted by atomic mass is 10.0. The summed E-state index contributed by atoms with van der Waals surface area (Å²) in [4.78, 5) is 13.7. The third kappa shape index (κ3) is 4.09. The van der Waals surface area contributed by atoms with Gasteiger partial charge in [-0.3, -0.25) is 4.79 Å². The molecule has 1 aromatic heterocycles. The first-order chi connectivity index (χ1) is 12.7. The van der Waals surface area contributed by atoms with E-state index in [9.17, 15) is 26.7 Å². The molecule has 27 heavy (non-hydrogen) atoms. The van der Waals surface area contributed by atoms with Crippen LogP contribution in [0.4, 0.5) is 22.0 Å². The number of fused-ring (bicyclic) bond motifs is 1. The molecule has 1 amide bonds. The van der Waals surface area contributed by atoms with Crippen molar-refractivity contribution in [2.24, 2.45) is 0 Å². The first kappa shape index (κ1) is 19.2. The van der Waals surface area contributed by atoms with Gasteiger partial charge in [-0.15, -0.1) is 10.2 Å². The van der Waals surface area contributed by atoms with Crippen molar-refractivity contribution in [3.05, 3.63) is 46.5 Å². The van der Waals surface area contributed by atoms with Gasteiger partial charge >= 0.3 is 6.18 Å². The van der Waals surface area contributed by atoms with Crippen LogP contribution < -0.4 is 0 Å². The van der Waals surface area contributed by atoms with Crippen molar-refractivity contribution in [2.45, 2.75) is 45.5 Å². The Kier molecular flexibility index (Phi) is 5.16. The van der Waals surface area contributed by atoms with Crippen molar-refractivity contribution in [3.63, 3.8) is 0 Å². The van der Waals surface area contributed by atoms with Crippen LogP contribution in [0, 0.1) is 18.6 Å². The van der Waals surface area contributed by atoms with Crippen LogP contribution in [0.25, 0.3) is 0 Å². The molecule has 0 spiro atoms. The number of halogens is 5. The summed E-state index contributed by atoms with van der Waals surface area (Å²) >= 11 is 0. The van der Waals surface area contributed by atoms with Gasteiger partial charge in [0.15, 0.2) is 5.82 Å². The van der Waals surface area contributed by atoms with Gasteiger partial charge in [-0.1, -0.05) is 6.07 Å². The maximum absolute atomic E-state index is 13.7. The SMILES string of the molecule is Cc1cc(CCCC(=O)N2CCn3c(nnc3C(F)(F)F)C2)c(F)cc1F. The number of carbonyl (C=O) groups is 1. The van der Waals surface area contributed by atoms with Crippen molar-refractivity contribution in [1.29, 1.82) is 0 Å². The van der Waals surface area contributed by atoms with Gasteiger partial charge in [-0.05, 0) is 30.9 Å². The van der Waals surface area contributed by atoms with Crippen molar-refractivity contribution in [3.8, 4) is 0 Å². The summed E-state index contributed by atoms with van der Waals surface area (Å²) in [5.74, 6) is -2.51. The third-order valence-corrected chi connectivity index (χ3v) is 4.52. The summed E-state index contributed by atoms with van der Waals surface area (Å²) in [6.07, 6.45) is -3.87. The molecule has 0 atom stereocenters. The van der Waals surface area contributed by atoms with Crippen molar-refractivity contribution >= 4 is 5.91 Å². The average molecular weight is 388 g/mol. The number of hydrogen-bond acceptors (Lipinski definition) is 3. The fraction of sp³-hybridized carbons (Fsp3) is 0.471. The van der Waals surface area contributed by atoms with E-state index < -0.39 is 23.6 Å². The second-order valence-electron chi connectivity index (χ2n) is 6.45. The highest BCUT2D eigenvalue weighted by molar-refractivity contribution is 5.76. The van der Waals surface area contributed by atoms with Crippen LogP contribution in [0.3, 0.4) is 0 Å². The van der Waals surface area contributed by atoms with Crippen LogP contribution in [0.15, 0.2) is 12.1 Å². The molecule has 0 saturated carbocycles. The summed E-state index contributed by atoms with van der Waals surface area (Å²) in [6, 6.07) is 2.24. The normalized spacial score (nSPS) is 14.4. The molecule has 0 aliphatic carbocycles. The van der Waals surface area contributed by atoms with E-state index in [2.05, 4.69) is 10.2 Å². The summed E-state index contributed by atoms with van der Waals surface area (Å²) in [7, 11) is 0. The molecule has 0 N–H and O–H groups in total. The molecule has 10 heteroatoms. The topological polar surface area (TPSA) is 51.0 Å². The van der Waals surface area contributed by atoms with Crippen molar-refractivity contribution in [1.82, 2.24) is 19.7 Å². The third-order valence-electron chi connectivity index (χ3n) is 4.52. The first-order valence-corrected chi connectivity index (χ1v) is 8.38. The number of carbonyl (C=O) groups excluding carboxylic acids is 1. The summed E-state index contributed by atoms with van der Waals surface area (Å²) in [6.45, 7) is 1.57. The Morgan fingerprint density at radius 1 is 1.15 bits per heavy atom. The molecule has 0 unspecified atom stereocenters. The molecular weight excluding hydrogens is 371 g/mol. The van der Waals surface area contributed by atoms with E-state index in [0.717, 1.165) is 10.6 Å². The minimum Gasteiger partial charge on any atom is -0.333 e. The molecule has 0 bridgehead atoms. The maximum atomic E-state index is 13.7. The summed E-state index contributed by atoms with van der Waals surface area (Å²) < 4.78 is 66.4. The number of alkyl halides is 3. The van der Waals surface area contributed by atoms with Gasteiger partial charge in [-0.2, -0.15) is 13.2 Å². The molecule has 0 radical (unpaired) electrons. The average Bonchev–Trinajstić information content (AvgIpc) is 3.02. The molecule has 146 valence electrons. The van der Waals surface area contributed by atoms with E-state index in [1.165, 1.54) is 17.9 Å².